The quantitative estimate of drug-likeness (QED) is 0.0918. The van der Waals surface area contributed by atoms with E-state index in [1.54, 1.807) is 63.2 Å². The highest BCUT2D eigenvalue weighted by Gasteiger charge is 2.37. The number of ketones is 3. The Morgan fingerprint density at radius 1 is 0.896 bits per heavy atom. The average molecular weight is 919 g/mol. The summed E-state index contributed by atoms with van der Waals surface area (Å²) in [6, 6.07) is 15.0. The van der Waals surface area contributed by atoms with Crippen LogP contribution in [0.4, 0.5) is 4.39 Å². The van der Waals surface area contributed by atoms with Gasteiger partial charge in [-0.2, -0.15) is 5.26 Å². The van der Waals surface area contributed by atoms with Crippen molar-refractivity contribution >= 4 is 29.2 Å². The topological polar surface area (TPSA) is 247 Å². The predicted molar refractivity (Wildman–Crippen MR) is 252 cm³/mol. The predicted octanol–water partition coefficient (Wildman–Crippen LogP) is 5.79. The number of aryl methyl sites for hydroxylation is 2. The van der Waals surface area contributed by atoms with Crippen LogP contribution in [0.25, 0.3) is 22.5 Å². The second-order valence-electron chi connectivity index (χ2n) is 18.1. The Morgan fingerprint density at radius 2 is 1.52 bits per heavy atom. The van der Waals surface area contributed by atoms with Gasteiger partial charge >= 0.3 is 0 Å². The number of carbonyl (C=O) groups is 5. The van der Waals surface area contributed by atoms with Crippen LogP contribution < -0.4 is 32.0 Å². The number of aromatic nitrogens is 2. The zero-order valence-corrected chi connectivity index (χ0v) is 39.5. The van der Waals surface area contributed by atoms with Gasteiger partial charge in [0.2, 0.25) is 11.8 Å². The fourth-order valence-corrected chi connectivity index (χ4v) is 8.37. The van der Waals surface area contributed by atoms with E-state index in [1.165, 1.54) is 18.0 Å². The Labute approximate surface area is 392 Å². The molecule has 4 bridgehead atoms. The van der Waals surface area contributed by atoms with Gasteiger partial charge in [0.05, 0.1) is 34.6 Å². The van der Waals surface area contributed by atoms with Crippen molar-refractivity contribution in [2.45, 2.75) is 97.6 Å². The summed E-state index contributed by atoms with van der Waals surface area (Å²) in [7, 11) is 1.47. The van der Waals surface area contributed by atoms with Gasteiger partial charge in [0.15, 0.2) is 23.2 Å². The van der Waals surface area contributed by atoms with Crippen molar-refractivity contribution in [1.82, 2.24) is 20.2 Å². The average Bonchev–Trinajstić information content (AvgIpc) is 3.28. The van der Waals surface area contributed by atoms with E-state index in [-0.39, 0.29) is 99.5 Å². The summed E-state index contributed by atoms with van der Waals surface area (Å²) in [5, 5.41) is 12.1. The Hall–Kier alpha value is -6.41. The number of Topliss-reactive ketones (excluding diaryl/α,β-unsaturated/α-hetero) is 3. The van der Waals surface area contributed by atoms with E-state index in [4.69, 9.17) is 26.7 Å². The maximum atomic E-state index is 15.4. The van der Waals surface area contributed by atoms with Gasteiger partial charge in [0, 0.05) is 68.8 Å². The summed E-state index contributed by atoms with van der Waals surface area (Å²) in [6.07, 6.45) is -0.594. The first-order valence-corrected chi connectivity index (χ1v) is 22.6. The second-order valence-corrected chi connectivity index (χ2v) is 18.1. The molecule has 67 heavy (non-hydrogen) atoms. The molecule has 0 aliphatic carbocycles. The van der Waals surface area contributed by atoms with Crippen LogP contribution in [-0.4, -0.2) is 90.0 Å². The summed E-state index contributed by atoms with van der Waals surface area (Å²) in [5.74, 6) is -3.87. The van der Waals surface area contributed by atoms with Crippen molar-refractivity contribution in [1.29, 1.82) is 5.26 Å². The van der Waals surface area contributed by atoms with E-state index in [2.05, 4.69) is 15.3 Å². The fraction of sp³-hybridized carbons (Fsp3) is 0.451. The molecule has 1 aliphatic heterocycles. The number of carbonyl (C=O) groups excluding carboxylic acids is 5. The summed E-state index contributed by atoms with van der Waals surface area (Å²) in [6.45, 7) is 11.5. The minimum Gasteiger partial charge on any atom is -0.492 e. The number of amides is 2. The summed E-state index contributed by atoms with van der Waals surface area (Å²) in [4.78, 5) is 81.5. The third kappa shape index (κ3) is 12.5. The van der Waals surface area contributed by atoms with E-state index >= 15 is 4.39 Å². The third-order valence-corrected chi connectivity index (χ3v) is 11.9. The zero-order valence-electron chi connectivity index (χ0n) is 39.5. The molecule has 7 N–H and O–H groups in total. The highest BCUT2D eigenvalue weighted by Crippen LogP contribution is 2.41. The molecule has 0 saturated carbocycles. The molecule has 1 aromatic heterocycles. The Balaban J connectivity index is 1.58. The number of nitriles is 1. The van der Waals surface area contributed by atoms with Crippen LogP contribution in [0.3, 0.4) is 0 Å². The Bertz CT molecular complexity index is 2510. The monoisotopic (exact) mass is 918 g/mol. The minimum atomic E-state index is -1.28. The minimum absolute atomic E-state index is 0.0398. The van der Waals surface area contributed by atoms with Crippen LogP contribution in [0.15, 0.2) is 54.6 Å². The number of halogens is 1. The fourth-order valence-electron chi connectivity index (χ4n) is 8.37. The number of rotatable bonds is 17. The number of ether oxygens (including phenoxy) is 2. The molecular weight excluding hydrogens is 856 g/mol. The number of fused-ring (bicyclic) bond motifs is 5. The third-order valence-electron chi connectivity index (χ3n) is 11.9. The maximum absolute atomic E-state index is 15.4. The molecule has 0 unspecified atom stereocenters. The highest BCUT2D eigenvalue weighted by atomic mass is 19.1. The molecule has 3 aromatic carbocycles. The van der Waals surface area contributed by atoms with Crippen molar-refractivity contribution in [2.24, 2.45) is 29.0 Å². The molecule has 4 aromatic rings. The molecule has 5 rings (SSSR count). The standard InChI is InChI=1S/C51H63FN8O7/c1-29-23-43(63)47(60(7)50(65)34(16-18-54)27-42(62)46-30(2)57-48(58-31(46)3)36-13-12-35(28-39(36)52)51(4,5)6)33-11-15-45(67-22-20-56)38(26-33)37-24-32(10-14-44(37)66-21-19-55)25-40(59-49(29)64)41(61)9-8-17-53/h10-15,24,26,28-29,34,40,47H,8-9,16,18-23,25,27,54-56H2,1-7H3,(H,59,64)/t29-,34-,40+,47+/m1/s1. The lowest BCUT2D eigenvalue weighted by molar-refractivity contribution is -0.142. The summed E-state index contributed by atoms with van der Waals surface area (Å²) < 4.78 is 27.7. The SMILES string of the molecule is Cc1nc(-c2ccc(C(C)(C)C)cc2F)nc(C)c1C(=O)C[C@@H](CCN)C(=O)N(C)[C@@H]1C(=O)C[C@@H](C)C(=O)N[C@H](C(=O)CCC#N)Cc2ccc(OCCN)c(c2)-c2cc1ccc2OCCN. The van der Waals surface area contributed by atoms with Gasteiger partial charge in [-0.25, -0.2) is 14.4 Å². The first-order chi connectivity index (χ1) is 31.8. The largest absolute Gasteiger partial charge is 0.492 e. The number of nitrogens with two attached hydrogens (primary N) is 3. The van der Waals surface area contributed by atoms with Gasteiger partial charge < -0.3 is 36.9 Å². The first-order valence-electron chi connectivity index (χ1n) is 22.6. The number of nitrogens with zero attached hydrogens (tertiary/aromatic N) is 4. The molecule has 4 atom stereocenters. The van der Waals surface area contributed by atoms with Crippen LogP contribution in [0.1, 0.15) is 104 Å². The van der Waals surface area contributed by atoms with E-state index in [0.717, 1.165) is 5.56 Å². The van der Waals surface area contributed by atoms with Crippen molar-refractivity contribution < 1.29 is 37.8 Å². The van der Waals surface area contributed by atoms with Crippen LogP contribution in [0, 0.1) is 42.8 Å². The molecular formula is C51H63FN8O7. The highest BCUT2D eigenvalue weighted by molar-refractivity contribution is 6.01. The molecule has 0 fully saturated rings. The van der Waals surface area contributed by atoms with Crippen molar-refractivity contribution in [3.8, 4) is 40.1 Å². The lowest BCUT2D eigenvalue weighted by atomic mass is 9.86. The molecule has 1 aliphatic rings. The molecule has 2 heterocycles. The molecule has 0 spiro atoms. The van der Waals surface area contributed by atoms with E-state index in [0.29, 0.717) is 45.1 Å². The van der Waals surface area contributed by atoms with Gasteiger partial charge in [-0.3, -0.25) is 24.0 Å². The Kier molecular flexibility index (Phi) is 17.6. The Morgan fingerprint density at radius 3 is 2.10 bits per heavy atom. The van der Waals surface area contributed by atoms with Gasteiger partial charge in [0.25, 0.3) is 0 Å². The van der Waals surface area contributed by atoms with Crippen molar-refractivity contribution in [3.63, 3.8) is 0 Å². The molecule has 15 nitrogen and oxygen atoms in total. The van der Waals surface area contributed by atoms with Gasteiger partial charge in [0.1, 0.15) is 36.6 Å². The van der Waals surface area contributed by atoms with E-state index in [1.807, 2.05) is 32.9 Å². The van der Waals surface area contributed by atoms with Crippen molar-refractivity contribution in [3.05, 3.63) is 94.1 Å². The smallest absolute Gasteiger partial charge is 0.226 e. The zero-order chi connectivity index (χ0) is 49.2. The first kappa shape index (κ1) is 51.6. The number of hydrogen-bond acceptors (Lipinski definition) is 13. The van der Waals surface area contributed by atoms with Gasteiger partial charge in [-0.05, 0) is 91.7 Å². The second kappa shape index (κ2) is 22.9. The van der Waals surface area contributed by atoms with Gasteiger partial charge in [-0.1, -0.05) is 45.9 Å². The molecule has 0 saturated heterocycles. The van der Waals surface area contributed by atoms with Crippen LogP contribution in [0.2, 0.25) is 0 Å². The molecule has 0 radical (unpaired) electrons. The number of likely N-dealkylation sites (N-methyl/N-ethyl adjacent to an activating group) is 1. The van der Waals surface area contributed by atoms with Gasteiger partial charge in [-0.15, -0.1) is 0 Å². The van der Waals surface area contributed by atoms with E-state index in [9.17, 15) is 29.2 Å². The van der Waals surface area contributed by atoms with Crippen LogP contribution in [0.5, 0.6) is 11.5 Å². The van der Waals surface area contributed by atoms with E-state index < -0.39 is 53.1 Å². The lowest BCUT2D eigenvalue weighted by Gasteiger charge is -2.32. The molecule has 16 heteroatoms. The maximum Gasteiger partial charge on any atom is 0.226 e. The number of nitrogens with one attached hydrogen (secondary N) is 1. The normalized spacial score (nSPS) is 16.8. The summed E-state index contributed by atoms with van der Waals surface area (Å²) >= 11 is 0. The molecule has 2 amide bonds. The number of hydrogen-bond donors (Lipinski definition) is 4. The lowest BCUT2D eigenvalue weighted by Crippen LogP contribution is -2.46. The van der Waals surface area contributed by atoms with Crippen LogP contribution >= 0.6 is 0 Å². The number of benzene rings is 3. The summed E-state index contributed by atoms with van der Waals surface area (Å²) in [5.41, 5.74) is 21.4. The molecule has 356 valence electrons. The van der Waals surface area contributed by atoms with Crippen LogP contribution in [-0.2, 0) is 31.0 Å². The van der Waals surface area contributed by atoms with Crippen molar-refractivity contribution in [2.75, 3.05) is 39.9 Å².